The van der Waals surface area contributed by atoms with E-state index in [2.05, 4.69) is 15.9 Å². The molecule has 1 aromatic heterocycles. The molecular weight excluding hydrogens is 470 g/mol. The number of carbonyl (C=O) groups is 2. The first-order chi connectivity index (χ1) is 15.3. The molecule has 0 aliphatic carbocycles. The Kier molecular flexibility index (Phi) is 6.96. The molecule has 1 aromatic carbocycles. The van der Waals surface area contributed by atoms with E-state index in [4.69, 9.17) is 9.72 Å². The maximum absolute atomic E-state index is 13.4. The number of aryl methyl sites for hydroxylation is 1. The molecule has 170 valence electrons. The van der Waals surface area contributed by atoms with E-state index in [1.54, 1.807) is 0 Å². The topological polar surface area (TPSA) is 62.7 Å². The van der Waals surface area contributed by atoms with E-state index in [1.165, 1.54) is 0 Å². The molecule has 32 heavy (non-hydrogen) atoms. The largest absolute Gasteiger partial charge is 0.372 e. The van der Waals surface area contributed by atoms with Crippen LogP contribution in [0, 0.1) is 6.92 Å². The van der Waals surface area contributed by atoms with E-state index in [-0.39, 0.29) is 29.9 Å². The van der Waals surface area contributed by atoms with Crippen LogP contribution >= 0.6 is 15.9 Å². The molecule has 4 rings (SSSR count). The molecule has 2 amide bonds. The monoisotopic (exact) mass is 499 g/mol. The van der Waals surface area contributed by atoms with Crippen molar-refractivity contribution >= 4 is 27.7 Å². The van der Waals surface area contributed by atoms with Crippen LogP contribution in [0.5, 0.6) is 0 Å². The number of amides is 2. The van der Waals surface area contributed by atoms with Crippen LogP contribution in [0.4, 0.5) is 0 Å². The third-order valence-corrected chi connectivity index (χ3v) is 6.73. The standard InChI is InChI=1S/C25H30BrN3O3/c1-16-7-8-22(25(31)29-14-17(2)32-18(3)15-29)23(27-16)19-9-11-28(12-10-19)24(30)20-5-4-6-21(26)13-20/h4-8,13,17-19H,9-12,14-15H2,1-3H3/t17-,18+. The lowest BCUT2D eigenvalue weighted by molar-refractivity contribution is -0.0586. The Bertz CT molecular complexity index is 994. The molecule has 0 saturated carbocycles. The summed E-state index contributed by atoms with van der Waals surface area (Å²) in [5, 5.41) is 0. The fourth-order valence-electron chi connectivity index (χ4n) is 4.74. The third kappa shape index (κ3) is 5.04. The molecule has 2 aromatic rings. The summed E-state index contributed by atoms with van der Waals surface area (Å²) >= 11 is 3.44. The number of rotatable bonds is 3. The average Bonchev–Trinajstić information content (AvgIpc) is 2.77. The van der Waals surface area contributed by atoms with Crippen molar-refractivity contribution in [3.63, 3.8) is 0 Å². The highest BCUT2D eigenvalue weighted by molar-refractivity contribution is 9.10. The summed E-state index contributed by atoms with van der Waals surface area (Å²) in [6.07, 6.45) is 1.65. The van der Waals surface area contributed by atoms with Gasteiger partial charge in [0.25, 0.3) is 11.8 Å². The Hall–Kier alpha value is -2.25. The van der Waals surface area contributed by atoms with Gasteiger partial charge < -0.3 is 14.5 Å². The zero-order chi connectivity index (χ0) is 22.8. The summed E-state index contributed by atoms with van der Waals surface area (Å²) in [6, 6.07) is 11.3. The minimum Gasteiger partial charge on any atom is -0.372 e. The Morgan fingerprint density at radius 1 is 1.00 bits per heavy atom. The smallest absolute Gasteiger partial charge is 0.255 e. The number of benzene rings is 1. The van der Waals surface area contributed by atoms with Gasteiger partial charge in [-0.1, -0.05) is 22.0 Å². The summed E-state index contributed by atoms with van der Waals surface area (Å²) < 4.78 is 6.70. The van der Waals surface area contributed by atoms with Crippen LogP contribution in [0.2, 0.25) is 0 Å². The Morgan fingerprint density at radius 3 is 2.34 bits per heavy atom. The van der Waals surface area contributed by atoms with Crippen LogP contribution < -0.4 is 0 Å². The number of nitrogens with zero attached hydrogens (tertiary/aromatic N) is 3. The number of hydrogen-bond acceptors (Lipinski definition) is 4. The molecule has 0 N–H and O–H groups in total. The molecule has 0 unspecified atom stereocenters. The molecule has 2 aliphatic heterocycles. The van der Waals surface area contributed by atoms with Crippen molar-refractivity contribution in [2.45, 2.75) is 51.7 Å². The molecule has 6 nitrogen and oxygen atoms in total. The lowest BCUT2D eigenvalue weighted by Gasteiger charge is -2.36. The van der Waals surface area contributed by atoms with E-state index < -0.39 is 0 Å². The number of halogens is 1. The van der Waals surface area contributed by atoms with Gasteiger partial charge in [0.2, 0.25) is 0 Å². The van der Waals surface area contributed by atoms with Gasteiger partial charge in [0, 0.05) is 47.8 Å². The molecule has 7 heteroatoms. The summed E-state index contributed by atoms with van der Waals surface area (Å²) in [4.78, 5) is 34.9. The quantitative estimate of drug-likeness (QED) is 0.626. The Labute approximate surface area is 198 Å². The zero-order valence-electron chi connectivity index (χ0n) is 18.9. The molecule has 0 radical (unpaired) electrons. The second kappa shape index (κ2) is 9.71. The first-order valence-corrected chi connectivity index (χ1v) is 12.1. The van der Waals surface area contributed by atoms with Crippen LogP contribution in [0.15, 0.2) is 40.9 Å². The highest BCUT2D eigenvalue weighted by Crippen LogP contribution is 2.31. The number of pyridine rings is 1. The highest BCUT2D eigenvalue weighted by Gasteiger charge is 2.32. The average molecular weight is 500 g/mol. The molecule has 3 heterocycles. The van der Waals surface area contributed by atoms with Crippen LogP contribution in [0.1, 0.15) is 64.7 Å². The number of likely N-dealkylation sites (tertiary alicyclic amines) is 1. The fourth-order valence-corrected chi connectivity index (χ4v) is 5.14. The van der Waals surface area contributed by atoms with E-state index in [1.807, 2.05) is 67.0 Å². The van der Waals surface area contributed by atoms with Crippen molar-refractivity contribution in [3.8, 4) is 0 Å². The van der Waals surface area contributed by atoms with Gasteiger partial charge in [0.15, 0.2) is 0 Å². The van der Waals surface area contributed by atoms with Gasteiger partial charge in [0.05, 0.1) is 23.5 Å². The Morgan fingerprint density at radius 2 is 1.69 bits per heavy atom. The molecule has 0 spiro atoms. The van der Waals surface area contributed by atoms with Gasteiger partial charge in [-0.2, -0.15) is 0 Å². The SMILES string of the molecule is Cc1ccc(C(=O)N2C[C@@H](C)O[C@@H](C)C2)c(C2CCN(C(=O)c3cccc(Br)c3)CC2)n1. The maximum Gasteiger partial charge on any atom is 0.255 e. The van der Waals surface area contributed by atoms with Crippen molar-refractivity contribution in [2.24, 2.45) is 0 Å². The lowest BCUT2D eigenvalue weighted by atomic mass is 9.89. The normalized spacial score (nSPS) is 22.1. The van der Waals surface area contributed by atoms with Gasteiger partial charge in [-0.3, -0.25) is 14.6 Å². The van der Waals surface area contributed by atoms with Crippen molar-refractivity contribution in [3.05, 3.63) is 63.4 Å². The summed E-state index contributed by atoms with van der Waals surface area (Å²) in [6.45, 7) is 8.47. The van der Waals surface area contributed by atoms with E-state index in [0.29, 0.717) is 37.3 Å². The highest BCUT2D eigenvalue weighted by atomic mass is 79.9. The maximum atomic E-state index is 13.4. The van der Waals surface area contributed by atoms with Crippen LogP contribution in [-0.4, -0.2) is 65.0 Å². The number of hydrogen-bond donors (Lipinski definition) is 0. The zero-order valence-corrected chi connectivity index (χ0v) is 20.5. The van der Waals surface area contributed by atoms with Gasteiger partial charge >= 0.3 is 0 Å². The predicted octanol–water partition coefficient (Wildman–Crippen LogP) is 4.42. The molecule has 0 bridgehead atoms. The predicted molar refractivity (Wildman–Crippen MR) is 127 cm³/mol. The van der Waals surface area contributed by atoms with Gasteiger partial charge in [0.1, 0.15) is 0 Å². The number of piperidine rings is 1. The van der Waals surface area contributed by atoms with Gasteiger partial charge in [-0.25, -0.2) is 0 Å². The molecular formula is C25H30BrN3O3. The van der Waals surface area contributed by atoms with Crippen molar-refractivity contribution in [2.75, 3.05) is 26.2 Å². The van der Waals surface area contributed by atoms with E-state index >= 15 is 0 Å². The van der Waals surface area contributed by atoms with Crippen molar-refractivity contribution in [1.82, 2.24) is 14.8 Å². The lowest BCUT2D eigenvalue weighted by Crippen LogP contribution is -2.48. The summed E-state index contributed by atoms with van der Waals surface area (Å²) in [7, 11) is 0. The minimum absolute atomic E-state index is 0.0248. The first kappa shape index (κ1) is 22.9. The molecule has 2 atom stereocenters. The van der Waals surface area contributed by atoms with Crippen LogP contribution in [0.25, 0.3) is 0 Å². The fraction of sp³-hybridized carbons (Fsp3) is 0.480. The number of morpholine rings is 1. The molecule has 2 aliphatic rings. The van der Waals surface area contributed by atoms with Gasteiger partial charge in [-0.15, -0.1) is 0 Å². The third-order valence-electron chi connectivity index (χ3n) is 6.24. The minimum atomic E-state index is 0.0248. The molecule has 2 saturated heterocycles. The van der Waals surface area contributed by atoms with Crippen molar-refractivity contribution < 1.29 is 14.3 Å². The van der Waals surface area contributed by atoms with Crippen LogP contribution in [0.3, 0.4) is 0 Å². The van der Waals surface area contributed by atoms with Gasteiger partial charge in [-0.05, 0) is 63.9 Å². The summed E-state index contributed by atoms with van der Waals surface area (Å²) in [5.74, 6) is 0.244. The van der Waals surface area contributed by atoms with Crippen molar-refractivity contribution in [1.29, 1.82) is 0 Å². The van der Waals surface area contributed by atoms with E-state index in [9.17, 15) is 9.59 Å². The van der Waals surface area contributed by atoms with E-state index in [0.717, 1.165) is 28.7 Å². The number of ether oxygens (including phenoxy) is 1. The van der Waals surface area contributed by atoms with Crippen LogP contribution in [-0.2, 0) is 4.74 Å². The molecule has 2 fully saturated rings. The number of aromatic nitrogens is 1. The summed E-state index contributed by atoms with van der Waals surface area (Å²) in [5.41, 5.74) is 3.16. The number of carbonyl (C=O) groups excluding carboxylic acids is 2. The second-order valence-electron chi connectivity index (χ2n) is 8.93. The second-order valence-corrected chi connectivity index (χ2v) is 9.85. The first-order valence-electron chi connectivity index (χ1n) is 11.3. The Balaban J connectivity index is 1.49.